The minimum atomic E-state index is -0.318. The lowest BCUT2D eigenvalue weighted by Crippen LogP contribution is -2.30. The van der Waals surface area contributed by atoms with Gasteiger partial charge in [0, 0.05) is 18.7 Å². The second kappa shape index (κ2) is 6.04. The van der Waals surface area contributed by atoms with E-state index in [4.69, 9.17) is 4.52 Å². The maximum absolute atomic E-state index is 13.0. The zero-order valence-electron chi connectivity index (χ0n) is 12.7. The Labute approximate surface area is 131 Å². The zero-order valence-corrected chi connectivity index (χ0v) is 12.7. The van der Waals surface area contributed by atoms with Gasteiger partial charge in [0.2, 0.25) is 0 Å². The second-order valence-electron chi connectivity index (χ2n) is 5.19. The molecule has 7 heteroatoms. The summed E-state index contributed by atoms with van der Waals surface area (Å²) in [7, 11) is 1.68. The number of hydrogen-bond acceptors (Lipinski definition) is 4. The average Bonchev–Trinajstić information content (AvgIpc) is 3.25. The van der Waals surface area contributed by atoms with Crippen molar-refractivity contribution in [2.24, 2.45) is 0 Å². The third kappa shape index (κ3) is 2.98. The van der Waals surface area contributed by atoms with Crippen LogP contribution in [0.25, 0.3) is 11.3 Å². The van der Waals surface area contributed by atoms with Crippen LogP contribution in [0.4, 0.5) is 4.39 Å². The van der Waals surface area contributed by atoms with Gasteiger partial charge in [0.25, 0.3) is 5.91 Å². The molecule has 0 saturated heterocycles. The standard InChI is InChI=1S/C16H15FN4O2/c1-10(13-7-8-23-20-13)21(2)16(22)15-9-14(18-19-15)11-3-5-12(17)6-4-11/h3-10H,1-2H3,(H,18,19). The maximum atomic E-state index is 13.0. The van der Waals surface area contributed by atoms with E-state index in [0.29, 0.717) is 17.1 Å². The van der Waals surface area contributed by atoms with Gasteiger partial charge in [-0.25, -0.2) is 4.39 Å². The van der Waals surface area contributed by atoms with Gasteiger partial charge >= 0.3 is 0 Å². The molecule has 0 aliphatic rings. The van der Waals surface area contributed by atoms with Crippen LogP contribution in [0.5, 0.6) is 0 Å². The maximum Gasteiger partial charge on any atom is 0.272 e. The van der Waals surface area contributed by atoms with Gasteiger partial charge in [0.05, 0.1) is 11.7 Å². The van der Waals surface area contributed by atoms with E-state index in [1.807, 2.05) is 6.92 Å². The molecule has 6 nitrogen and oxygen atoms in total. The van der Waals surface area contributed by atoms with Gasteiger partial charge < -0.3 is 9.42 Å². The third-order valence-electron chi connectivity index (χ3n) is 3.74. The normalized spacial score (nSPS) is 12.1. The largest absolute Gasteiger partial charge is 0.364 e. The summed E-state index contributed by atoms with van der Waals surface area (Å²) in [6.45, 7) is 1.85. The summed E-state index contributed by atoms with van der Waals surface area (Å²) in [6, 6.07) is 9.05. The third-order valence-corrected chi connectivity index (χ3v) is 3.74. The SMILES string of the molecule is CC(c1ccon1)N(C)C(=O)c1cc(-c2ccc(F)cc2)n[nH]1. The van der Waals surface area contributed by atoms with E-state index < -0.39 is 0 Å². The van der Waals surface area contributed by atoms with Crippen LogP contribution in [0, 0.1) is 5.82 Å². The van der Waals surface area contributed by atoms with Gasteiger partial charge in [-0.3, -0.25) is 9.89 Å². The summed E-state index contributed by atoms with van der Waals surface area (Å²) in [4.78, 5) is 14.1. The van der Waals surface area contributed by atoms with Crippen LogP contribution in [-0.2, 0) is 0 Å². The van der Waals surface area contributed by atoms with Crippen LogP contribution in [-0.4, -0.2) is 33.2 Å². The quantitative estimate of drug-likeness (QED) is 0.803. The van der Waals surface area contributed by atoms with Crippen molar-refractivity contribution in [2.45, 2.75) is 13.0 Å². The Morgan fingerprint density at radius 1 is 1.30 bits per heavy atom. The highest BCUT2D eigenvalue weighted by Gasteiger charge is 2.22. The van der Waals surface area contributed by atoms with Gasteiger partial charge in [-0.15, -0.1) is 0 Å². The van der Waals surface area contributed by atoms with Crippen molar-refractivity contribution in [2.75, 3.05) is 7.05 Å². The highest BCUT2D eigenvalue weighted by Crippen LogP contribution is 2.21. The van der Waals surface area contributed by atoms with Gasteiger partial charge in [0.1, 0.15) is 23.5 Å². The van der Waals surface area contributed by atoms with Gasteiger partial charge in [-0.05, 0) is 37.3 Å². The molecule has 1 unspecified atom stereocenters. The smallest absolute Gasteiger partial charge is 0.272 e. The first-order chi connectivity index (χ1) is 11.1. The van der Waals surface area contributed by atoms with Gasteiger partial charge in [0.15, 0.2) is 0 Å². The Morgan fingerprint density at radius 2 is 2.04 bits per heavy atom. The molecule has 0 radical (unpaired) electrons. The summed E-state index contributed by atoms with van der Waals surface area (Å²) in [5.41, 5.74) is 2.33. The molecule has 1 N–H and O–H groups in total. The molecule has 1 aromatic carbocycles. The van der Waals surface area contributed by atoms with Crippen molar-refractivity contribution in [1.29, 1.82) is 0 Å². The lowest BCUT2D eigenvalue weighted by molar-refractivity contribution is 0.0731. The molecule has 0 saturated carbocycles. The van der Waals surface area contributed by atoms with Gasteiger partial charge in [-0.2, -0.15) is 5.10 Å². The Bertz CT molecular complexity index is 796. The molecule has 3 aromatic rings. The van der Waals surface area contributed by atoms with Crippen LogP contribution < -0.4 is 0 Å². The van der Waals surface area contributed by atoms with Crippen LogP contribution in [0.3, 0.4) is 0 Å². The van der Waals surface area contributed by atoms with E-state index in [9.17, 15) is 9.18 Å². The summed E-state index contributed by atoms with van der Waals surface area (Å²) in [5.74, 6) is -0.539. The second-order valence-corrected chi connectivity index (χ2v) is 5.19. The first kappa shape index (κ1) is 15.0. The fraction of sp³-hybridized carbons (Fsp3) is 0.188. The number of carbonyl (C=O) groups excluding carboxylic acids is 1. The summed E-state index contributed by atoms with van der Waals surface area (Å²) >= 11 is 0. The van der Waals surface area contributed by atoms with E-state index in [0.717, 1.165) is 5.56 Å². The predicted molar refractivity (Wildman–Crippen MR) is 81.0 cm³/mol. The Hall–Kier alpha value is -2.96. The number of nitrogens with one attached hydrogen (secondary N) is 1. The molecule has 0 bridgehead atoms. The number of halogens is 1. The molecular formula is C16H15FN4O2. The Morgan fingerprint density at radius 3 is 2.70 bits per heavy atom. The molecule has 1 atom stereocenters. The first-order valence-electron chi connectivity index (χ1n) is 7.05. The van der Waals surface area contributed by atoms with Crippen molar-refractivity contribution >= 4 is 5.91 Å². The number of carbonyl (C=O) groups is 1. The summed E-state index contributed by atoms with van der Waals surface area (Å²) in [6.07, 6.45) is 1.47. The number of benzene rings is 1. The van der Waals surface area contributed by atoms with E-state index in [1.165, 1.54) is 18.4 Å². The van der Waals surface area contributed by atoms with Crippen molar-refractivity contribution in [3.63, 3.8) is 0 Å². The minimum Gasteiger partial charge on any atom is -0.364 e. The Kier molecular flexibility index (Phi) is 3.92. The lowest BCUT2D eigenvalue weighted by Gasteiger charge is -2.22. The highest BCUT2D eigenvalue weighted by molar-refractivity contribution is 5.93. The fourth-order valence-corrected chi connectivity index (χ4v) is 2.20. The number of H-pyrrole nitrogens is 1. The number of amides is 1. The van der Waals surface area contributed by atoms with Crippen LogP contribution >= 0.6 is 0 Å². The predicted octanol–water partition coefficient (Wildman–Crippen LogP) is 3.04. The number of hydrogen-bond donors (Lipinski definition) is 1. The molecule has 0 spiro atoms. The molecule has 2 aromatic heterocycles. The number of nitrogens with zero attached hydrogens (tertiary/aromatic N) is 3. The highest BCUT2D eigenvalue weighted by atomic mass is 19.1. The molecule has 2 heterocycles. The zero-order chi connectivity index (χ0) is 16.4. The topological polar surface area (TPSA) is 75.0 Å². The molecule has 0 fully saturated rings. The minimum absolute atomic E-state index is 0.221. The number of aromatic nitrogens is 3. The fourth-order valence-electron chi connectivity index (χ4n) is 2.20. The van der Waals surface area contributed by atoms with Crippen molar-refractivity contribution in [3.8, 4) is 11.3 Å². The molecule has 0 aliphatic heterocycles. The summed E-state index contributed by atoms with van der Waals surface area (Å²) < 4.78 is 17.8. The van der Waals surface area contributed by atoms with Crippen molar-refractivity contribution in [1.82, 2.24) is 20.3 Å². The number of aromatic amines is 1. The molecule has 118 valence electrons. The number of rotatable bonds is 4. The van der Waals surface area contributed by atoms with Crippen molar-refractivity contribution < 1.29 is 13.7 Å². The summed E-state index contributed by atoms with van der Waals surface area (Å²) in [5, 5.41) is 10.7. The van der Waals surface area contributed by atoms with E-state index >= 15 is 0 Å². The molecular weight excluding hydrogens is 299 g/mol. The van der Waals surface area contributed by atoms with E-state index in [-0.39, 0.29) is 17.8 Å². The Balaban J connectivity index is 1.79. The van der Waals surface area contributed by atoms with Crippen molar-refractivity contribution in [3.05, 3.63) is 59.9 Å². The molecule has 0 aliphatic carbocycles. The lowest BCUT2D eigenvalue weighted by atomic mass is 10.1. The first-order valence-corrected chi connectivity index (χ1v) is 7.05. The van der Waals surface area contributed by atoms with Crippen LogP contribution in [0.15, 0.2) is 47.2 Å². The van der Waals surface area contributed by atoms with Gasteiger partial charge in [-0.1, -0.05) is 5.16 Å². The van der Waals surface area contributed by atoms with Crippen LogP contribution in [0.1, 0.15) is 29.1 Å². The van der Waals surface area contributed by atoms with E-state index in [2.05, 4.69) is 15.4 Å². The molecule has 23 heavy (non-hydrogen) atoms. The monoisotopic (exact) mass is 314 g/mol. The van der Waals surface area contributed by atoms with Crippen LogP contribution in [0.2, 0.25) is 0 Å². The van der Waals surface area contributed by atoms with E-state index in [1.54, 1.807) is 36.2 Å². The molecule has 1 amide bonds. The molecule has 3 rings (SSSR count). The average molecular weight is 314 g/mol.